The van der Waals surface area contributed by atoms with Crippen molar-refractivity contribution >= 4 is 75.4 Å². The minimum Gasteiger partial charge on any atom is -0.506 e. The second-order valence-electron chi connectivity index (χ2n) is 17.5. The van der Waals surface area contributed by atoms with E-state index in [1.165, 1.54) is 37.5 Å². The molecule has 3 heterocycles. The van der Waals surface area contributed by atoms with Crippen LogP contribution in [0.15, 0.2) is 80.9 Å². The average Bonchev–Trinajstić information content (AvgIpc) is 3.73. The van der Waals surface area contributed by atoms with Gasteiger partial charge in [0.2, 0.25) is 0 Å². The van der Waals surface area contributed by atoms with E-state index in [0.717, 1.165) is 18.2 Å². The number of aliphatic hydroxyl groups excluding tert-OH is 1. The van der Waals surface area contributed by atoms with Crippen LogP contribution in [0.1, 0.15) is 83.3 Å². The first-order chi connectivity index (χ1) is 31.4. The summed E-state index contributed by atoms with van der Waals surface area (Å²) in [7, 11) is -17.2. The van der Waals surface area contributed by atoms with E-state index in [1.807, 2.05) is 0 Å². The second kappa shape index (κ2) is 18.7. The molecular weight excluding hydrogens is 979 g/mol. The summed E-state index contributed by atoms with van der Waals surface area (Å²) in [6.07, 6.45) is 1.47. The number of Topliss-reactive ketones (excluding diaryl/α,β-unsaturated/α-hetero) is 1. The van der Waals surface area contributed by atoms with Gasteiger partial charge in [-0.15, -0.1) is 5.06 Å². The van der Waals surface area contributed by atoms with Crippen LogP contribution in [0.25, 0.3) is 0 Å². The van der Waals surface area contributed by atoms with Crippen LogP contribution in [-0.4, -0.2) is 129 Å². The van der Waals surface area contributed by atoms with Crippen molar-refractivity contribution in [2.45, 2.75) is 98.3 Å². The molecule has 3 atom stereocenters. The first kappa shape index (κ1) is 52.3. The molecule has 2 aromatic rings. The Morgan fingerprint density at radius 2 is 1.29 bits per heavy atom. The van der Waals surface area contributed by atoms with Crippen molar-refractivity contribution in [2.24, 2.45) is 0 Å². The summed E-state index contributed by atoms with van der Waals surface area (Å²) >= 11 is 0. The molecule has 372 valence electrons. The number of imide groups is 1. The highest BCUT2D eigenvalue weighted by atomic mass is 32.2. The van der Waals surface area contributed by atoms with Crippen LogP contribution in [0.2, 0.25) is 0 Å². The number of aliphatic hydroxyl groups is 1. The van der Waals surface area contributed by atoms with Crippen molar-refractivity contribution < 1.29 is 85.7 Å². The minimum absolute atomic E-state index is 0.0487. The van der Waals surface area contributed by atoms with Gasteiger partial charge in [-0.05, 0) is 106 Å². The average molecular weight is 1030 g/mol. The number of fused-ring (bicyclic) bond motifs is 2. The Morgan fingerprint density at radius 1 is 0.750 bits per heavy atom. The van der Waals surface area contributed by atoms with Crippen LogP contribution in [-0.2, 0) is 80.1 Å². The van der Waals surface area contributed by atoms with Crippen LogP contribution in [0, 0.1) is 0 Å². The summed E-state index contributed by atoms with van der Waals surface area (Å²) in [6.45, 7) is 5.01. The molecule has 0 bridgehead atoms. The molecule has 2 aromatic carbocycles. The number of hydrogen-bond acceptors (Lipinski definition) is 17. The van der Waals surface area contributed by atoms with Crippen LogP contribution < -0.4 is 9.80 Å². The lowest BCUT2D eigenvalue weighted by molar-refractivity contribution is -0.197. The van der Waals surface area contributed by atoms with Crippen LogP contribution in [0.5, 0.6) is 0 Å². The third-order valence-electron chi connectivity index (χ3n) is 13.2. The van der Waals surface area contributed by atoms with Gasteiger partial charge in [-0.3, -0.25) is 32.6 Å². The van der Waals surface area contributed by atoms with Crippen LogP contribution in [0.3, 0.4) is 0 Å². The molecule has 3 aliphatic heterocycles. The van der Waals surface area contributed by atoms with Crippen LogP contribution in [0.4, 0.5) is 11.4 Å². The van der Waals surface area contributed by atoms with Gasteiger partial charge in [0.15, 0.2) is 5.78 Å². The number of methoxy groups -OCH3 is 1. The maximum atomic E-state index is 14.5. The fourth-order valence-electron chi connectivity index (χ4n) is 9.52. The maximum Gasteiger partial charge on any atom is 0.333 e. The minimum atomic E-state index is -4.83. The fraction of sp³-hybridized carbons (Fsp3) is 0.476. The van der Waals surface area contributed by atoms with Crippen molar-refractivity contribution in [1.82, 2.24) is 5.06 Å². The summed E-state index contributed by atoms with van der Waals surface area (Å²) < 4.78 is 142. The van der Waals surface area contributed by atoms with E-state index in [2.05, 4.69) is 0 Å². The van der Waals surface area contributed by atoms with E-state index in [-0.39, 0.29) is 99.2 Å². The number of hydroxylamine groups is 2. The maximum absolute atomic E-state index is 14.5. The number of hydrogen-bond donors (Lipinski definition) is 5. The first-order valence-corrected chi connectivity index (χ1v) is 27.1. The Hall–Kier alpha value is -5.06. The lowest BCUT2D eigenvalue weighted by atomic mass is 9.65. The normalized spacial score (nSPS) is 24.4. The smallest absolute Gasteiger partial charge is 0.333 e. The fourth-order valence-corrected chi connectivity index (χ4v) is 11.6. The molecule has 0 radical (unpaired) electrons. The number of carbonyl (C=O) groups excluding carboxylic acids is 4. The third kappa shape index (κ3) is 10.3. The van der Waals surface area contributed by atoms with E-state index in [9.17, 15) is 76.2 Å². The molecule has 3 unspecified atom stereocenters. The van der Waals surface area contributed by atoms with Gasteiger partial charge in [0.25, 0.3) is 52.3 Å². The van der Waals surface area contributed by atoms with Crippen LogP contribution >= 0.6 is 0 Å². The highest BCUT2D eigenvalue weighted by molar-refractivity contribution is 7.86. The number of anilines is 2. The zero-order chi connectivity index (χ0) is 50.6. The zero-order valence-corrected chi connectivity index (χ0v) is 40.5. The van der Waals surface area contributed by atoms with Gasteiger partial charge in [-0.2, -0.15) is 33.7 Å². The topological polar surface area (TPSA) is 334 Å². The molecule has 2 amide bonds. The van der Waals surface area contributed by atoms with Gasteiger partial charge < -0.3 is 24.5 Å². The number of amides is 2. The number of ether oxygens (including phenoxy) is 1. The monoisotopic (exact) mass is 1030 g/mol. The number of allylic oxidation sites excluding steroid dienone is 4. The summed E-state index contributed by atoms with van der Waals surface area (Å²) in [6, 6.07) is 7.40. The summed E-state index contributed by atoms with van der Waals surface area (Å²) in [4.78, 5) is 58.8. The van der Waals surface area contributed by atoms with Crippen molar-refractivity contribution in [3.63, 3.8) is 0 Å². The molecule has 6 rings (SSSR count). The highest BCUT2D eigenvalue weighted by Crippen LogP contribution is 2.57. The van der Waals surface area contributed by atoms with Crippen molar-refractivity contribution in [3.8, 4) is 0 Å². The van der Waals surface area contributed by atoms with Gasteiger partial charge >= 0.3 is 5.97 Å². The molecule has 5 N–H and O–H groups in total. The standard InChI is InChI=1S/C42H51N3O19S4/c1-40(15-6-20-65(51,52)53)30-22-26(67(57,58)59)9-11-32(30)43(17-5-8-37(48)64-45-35(46)13-14-36(45)47)34(40)24-28-38(49)29(39(28)50)25-42(3)41(2,16-7-21-66(54,55)56)31-23-27(68(60,61)62)10-12-33(31)44(42)18-19-63-4/h9-12,22-25,49H,5-8,13-21H2,1-4H3,(H,51,52,53)(H,54,55,56)(H,57,58,59)(H,60,61,62)/b29-25+,34-24+. The molecule has 1 saturated heterocycles. The lowest BCUT2D eigenvalue weighted by Crippen LogP contribution is -2.55. The van der Waals surface area contributed by atoms with Gasteiger partial charge in [0, 0.05) is 67.4 Å². The van der Waals surface area contributed by atoms with Gasteiger partial charge in [0.1, 0.15) is 5.76 Å². The van der Waals surface area contributed by atoms with Crippen molar-refractivity contribution in [1.29, 1.82) is 0 Å². The Bertz CT molecular complexity index is 3010. The van der Waals surface area contributed by atoms with Crippen molar-refractivity contribution in [3.05, 3.63) is 82.3 Å². The number of rotatable bonds is 20. The molecule has 1 fully saturated rings. The molecule has 0 aromatic heterocycles. The van der Waals surface area contributed by atoms with E-state index < -0.39 is 107 Å². The molecule has 0 saturated carbocycles. The van der Waals surface area contributed by atoms with E-state index in [4.69, 9.17) is 9.57 Å². The summed E-state index contributed by atoms with van der Waals surface area (Å²) in [5.41, 5.74) is -3.25. The van der Waals surface area contributed by atoms with E-state index >= 15 is 0 Å². The summed E-state index contributed by atoms with van der Waals surface area (Å²) in [5.74, 6) is -5.06. The highest BCUT2D eigenvalue weighted by Gasteiger charge is 2.56. The SMILES string of the molecule is COCCN1c2ccc(S(=O)(=O)O)cc2C(C)(CCCS(=O)(=O)O)C1(C)/C=C1/C(=O)C(/C=C2/N(CCCC(=O)ON3C(=O)CCC3=O)c3ccc(S(=O)(=O)O)cc3C2(C)CCCS(=O)(=O)O)=C1O. The molecule has 0 spiro atoms. The van der Waals surface area contributed by atoms with Crippen molar-refractivity contribution in [2.75, 3.05) is 48.1 Å². The Labute approximate surface area is 393 Å². The van der Waals surface area contributed by atoms with E-state index in [0.29, 0.717) is 16.3 Å². The molecule has 22 nitrogen and oxygen atoms in total. The Balaban J connectivity index is 1.48. The molecule has 1 aliphatic carbocycles. The zero-order valence-electron chi connectivity index (χ0n) is 37.2. The number of carbonyl (C=O) groups is 4. The van der Waals surface area contributed by atoms with Gasteiger partial charge in [0.05, 0.1) is 44.6 Å². The quantitative estimate of drug-likeness (QED) is 0.0721. The van der Waals surface area contributed by atoms with Gasteiger partial charge in [-0.1, -0.05) is 6.92 Å². The Morgan fingerprint density at radius 3 is 1.82 bits per heavy atom. The number of benzene rings is 2. The molecular formula is C42H51N3O19S4. The second-order valence-corrected chi connectivity index (χ2v) is 23.5. The first-order valence-electron chi connectivity index (χ1n) is 21.0. The van der Waals surface area contributed by atoms with E-state index in [1.54, 1.807) is 30.6 Å². The summed E-state index contributed by atoms with van der Waals surface area (Å²) in [5, 5.41) is 12.3. The molecule has 26 heteroatoms. The third-order valence-corrected chi connectivity index (χ3v) is 16.5. The predicted molar refractivity (Wildman–Crippen MR) is 241 cm³/mol. The predicted octanol–water partition coefficient (Wildman–Crippen LogP) is 3.37. The Kier molecular flexibility index (Phi) is 14.4. The molecule has 4 aliphatic rings. The lowest BCUT2D eigenvalue weighted by Gasteiger charge is -2.46. The number of nitrogens with zero attached hydrogens (tertiary/aromatic N) is 3. The van der Waals surface area contributed by atoms with Gasteiger partial charge in [-0.25, -0.2) is 4.79 Å². The number of ketones is 1. The largest absolute Gasteiger partial charge is 0.506 e. The molecule has 68 heavy (non-hydrogen) atoms.